The van der Waals surface area contributed by atoms with Gasteiger partial charge >= 0.3 is 5.97 Å². The van der Waals surface area contributed by atoms with Crippen LogP contribution < -0.4 is 15.1 Å². The molecule has 2 aromatic carbocycles. The fraction of sp³-hybridized carbons (Fsp3) is 0.385. The SMILES string of the molecule is CCOC(=O)c1ccc(Oc2c(C)oc3c(C[NH+]4CCC[C@@H](C)C4)c(O)ccc3c2=O)cc1. The van der Waals surface area contributed by atoms with Gasteiger partial charge in [0.15, 0.2) is 5.58 Å². The number of quaternary nitrogens is 1. The van der Waals surface area contributed by atoms with Crippen LogP contribution in [0.1, 0.15) is 48.4 Å². The summed E-state index contributed by atoms with van der Waals surface area (Å²) in [6.45, 7) is 8.63. The van der Waals surface area contributed by atoms with E-state index in [2.05, 4.69) is 6.92 Å². The molecule has 7 nitrogen and oxygen atoms in total. The number of ether oxygens (including phenoxy) is 2. The van der Waals surface area contributed by atoms with Crippen molar-refractivity contribution < 1.29 is 28.7 Å². The summed E-state index contributed by atoms with van der Waals surface area (Å²) in [4.78, 5) is 26.5. The van der Waals surface area contributed by atoms with Gasteiger partial charge in [-0.25, -0.2) is 4.79 Å². The Hall–Kier alpha value is -3.32. The van der Waals surface area contributed by atoms with Gasteiger partial charge in [0, 0.05) is 5.92 Å². The lowest BCUT2D eigenvalue weighted by Crippen LogP contribution is -3.12. The predicted octanol–water partition coefficient (Wildman–Crippen LogP) is 3.59. The molecule has 0 spiro atoms. The monoisotopic (exact) mass is 452 g/mol. The predicted molar refractivity (Wildman–Crippen MR) is 124 cm³/mol. The Bertz CT molecular complexity index is 1210. The lowest BCUT2D eigenvalue weighted by atomic mass is 9.99. The maximum Gasteiger partial charge on any atom is 0.338 e. The highest BCUT2D eigenvalue weighted by molar-refractivity contribution is 5.89. The molecule has 2 N–H and O–H groups in total. The average Bonchev–Trinajstić information content (AvgIpc) is 2.79. The molecular formula is C26H30NO6+. The van der Waals surface area contributed by atoms with Gasteiger partial charge in [-0.15, -0.1) is 0 Å². The fourth-order valence-corrected chi connectivity index (χ4v) is 4.48. The Morgan fingerprint density at radius 3 is 2.67 bits per heavy atom. The van der Waals surface area contributed by atoms with Crippen molar-refractivity contribution in [1.29, 1.82) is 0 Å². The van der Waals surface area contributed by atoms with Gasteiger partial charge < -0.3 is 23.9 Å². The van der Waals surface area contributed by atoms with Crippen LogP contribution in [0.2, 0.25) is 0 Å². The van der Waals surface area contributed by atoms with Crippen LogP contribution in [0.4, 0.5) is 0 Å². The van der Waals surface area contributed by atoms with E-state index in [1.807, 2.05) is 0 Å². The number of benzene rings is 2. The van der Waals surface area contributed by atoms with E-state index in [0.29, 0.717) is 52.7 Å². The topological polar surface area (TPSA) is 90.4 Å². The van der Waals surface area contributed by atoms with Gasteiger partial charge in [-0.05, 0) is 63.1 Å². The first kappa shape index (κ1) is 22.9. The van der Waals surface area contributed by atoms with Crippen molar-refractivity contribution in [2.24, 2.45) is 5.92 Å². The number of phenolic OH excluding ortho intramolecular Hbond substituents is 1. The second-order valence-electron chi connectivity index (χ2n) is 8.73. The van der Waals surface area contributed by atoms with Gasteiger partial charge in [0.25, 0.3) is 0 Å². The lowest BCUT2D eigenvalue weighted by Gasteiger charge is -2.28. The third-order valence-electron chi connectivity index (χ3n) is 6.14. The smallest absolute Gasteiger partial charge is 0.338 e. The number of hydrogen-bond acceptors (Lipinski definition) is 6. The lowest BCUT2D eigenvalue weighted by molar-refractivity contribution is -0.922. The van der Waals surface area contributed by atoms with Crippen molar-refractivity contribution in [2.45, 2.75) is 40.2 Å². The molecule has 1 aliphatic rings. The average molecular weight is 453 g/mol. The standard InChI is InChI=1S/C26H29NO6/c1-4-31-26(30)18-7-9-19(10-8-18)33-24-17(3)32-25-20(23(24)29)11-12-22(28)21(25)15-27-13-5-6-16(2)14-27/h7-12,16,28H,4-6,13-15H2,1-3H3/p+1/t16-/m1/s1. The first-order valence-electron chi connectivity index (χ1n) is 11.4. The van der Waals surface area contributed by atoms with E-state index in [9.17, 15) is 14.7 Å². The first-order valence-corrected chi connectivity index (χ1v) is 11.4. The second-order valence-corrected chi connectivity index (χ2v) is 8.73. The number of likely N-dealkylation sites (tertiary alicyclic amines) is 1. The highest BCUT2D eigenvalue weighted by Gasteiger charge is 2.25. The van der Waals surface area contributed by atoms with Gasteiger partial charge in [-0.3, -0.25) is 4.79 Å². The van der Waals surface area contributed by atoms with Crippen molar-refractivity contribution in [3.8, 4) is 17.2 Å². The van der Waals surface area contributed by atoms with Gasteiger partial charge in [-0.1, -0.05) is 6.92 Å². The zero-order valence-corrected chi connectivity index (χ0v) is 19.3. The van der Waals surface area contributed by atoms with E-state index in [0.717, 1.165) is 19.5 Å². The number of phenols is 1. The molecule has 2 atom stereocenters. The molecule has 0 amide bonds. The van der Waals surface area contributed by atoms with E-state index in [1.54, 1.807) is 50.2 Å². The normalized spacial score (nSPS) is 18.3. The highest BCUT2D eigenvalue weighted by Crippen LogP contribution is 2.30. The quantitative estimate of drug-likeness (QED) is 0.556. The van der Waals surface area contributed by atoms with Crippen molar-refractivity contribution in [3.63, 3.8) is 0 Å². The number of esters is 1. The minimum absolute atomic E-state index is 0.0852. The van der Waals surface area contributed by atoms with Crippen LogP contribution in [0.3, 0.4) is 0 Å². The van der Waals surface area contributed by atoms with Crippen LogP contribution in [0.25, 0.3) is 11.0 Å². The number of aryl methyl sites for hydroxylation is 1. The first-order chi connectivity index (χ1) is 15.9. The van der Waals surface area contributed by atoms with Crippen molar-refractivity contribution in [2.75, 3.05) is 19.7 Å². The Labute approximate surface area is 192 Å². The molecule has 0 saturated carbocycles. The number of nitrogens with one attached hydrogen (secondary N) is 1. The van der Waals surface area contributed by atoms with Crippen LogP contribution >= 0.6 is 0 Å². The third-order valence-corrected chi connectivity index (χ3v) is 6.14. The number of aromatic hydroxyl groups is 1. The third kappa shape index (κ3) is 4.88. The van der Waals surface area contributed by atoms with Gasteiger partial charge in [0.1, 0.15) is 23.8 Å². The fourth-order valence-electron chi connectivity index (χ4n) is 4.48. The molecule has 0 aliphatic carbocycles. The summed E-state index contributed by atoms with van der Waals surface area (Å²) in [6, 6.07) is 9.52. The van der Waals surface area contributed by atoms with Crippen LogP contribution in [0.15, 0.2) is 45.6 Å². The summed E-state index contributed by atoms with van der Waals surface area (Å²) in [5.41, 5.74) is 1.17. The number of carbonyl (C=O) groups excluding carboxylic acids is 1. The molecule has 1 saturated heterocycles. The van der Waals surface area contributed by atoms with Gasteiger partial charge in [0.05, 0.1) is 36.2 Å². The number of fused-ring (bicyclic) bond motifs is 1. The van der Waals surface area contributed by atoms with Crippen molar-refractivity contribution >= 4 is 16.9 Å². The number of rotatable bonds is 6. The van der Waals surface area contributed by atoms with Gasteiger partial charge in [-0.2, -0.15) is 0 Å². The zero-order valence-electron chi connectivity index (χ0n) is 19.3. The van der Waals surface area contributed by atoms with Crippen LogP contribution in [0, 0.1) is 12.8 Å². The summed E-state index contributed by atoms with van der Waals surface area (Å²) >= 11 is 0. The molecule has 0 bridgehead atoms. The Morgan fingerprint density at radius 1 is 1.21 bits per heavy atom. The van der Waals surface area contributed by atoms with Crippen LogP contribution in [0.5, 0.6) is 17.2 Å². The number of piperidine rings is 1. The zero-order chi connectivity index (χ0) is 23.5. The molecule has 33 heavy (non-hydrogen) atoms. The molecule has 1 aromatic heterocycles. The van der Waals surface area contributed by atoms with E-state index in [1.165, 1.54) is 11.3 Å². The Kier molecular flexibility index (Phi) is 6.70. The molecule has 7 heteroatoms. The second kappa shape index (κ2) is 9.67. The number of hydrogen-bond donors (Lipinski definition) is 2. The minimum Gasteiger partial charge on any atom is -0.507 e. The Morgan fingerprint density at radius 2 is 1.97 bits per heavy atom. The maximum absolute atomic E-state index is 13.3. The van der Waals surface area contributed by atoms with E-state index in [4.69, 9.17) is 13.9 Å². The maximum atomic E-state index is 13.3. The molecule has 174 valence electrons. The Balaban J connectivity index is 1.65. The molecule has 1 aliphatic heterocycles. The molecule has 1 fully saturated rings. The van der Waals surface area contributed by atoms with Crippen molar-refractivity contribution in [1.82, 2.24) is 0 Å². The molecular weight excluding hydrogens is 422 g/mol. The van der Waals surface area contributed by atoms with Gasteiger partial charge in [0.2, 0.25) is 11.2 Å². The van der Waals surface area contributed by atoms with E-state index in [-0.39, 0.29) is 16.9 Å². The summed E-state index contributed by atoms with van der Waals surface area (Å²) in [5, 5.41) is 10.9. The summed E-state index contributed by atoms with van der Waals surface area (Å²) in [5.74, 6) is 1.18. The molecule has 0 radical (unpaired) electrons. The summed E-state index contributed by atoms with van der Waals surface area (Å²) in [6.07, 6.45) is 2.37. The van der Waals surface area contributed by atoms with Crippen LogP contribution in [-0.4, -0.2) is 30.8 Å². The van der Waals surface area contributed by atoms with E-state index < -0.39 is 5.97 Å². The summed E-state index contributed by atoms with van der Waals surface area (Å²) < 4.78 is 16.9. The highest BCUT2D eigenvalue weighted by atomic mass is 16.5. The molecule has 3 aromatic rings. The molecule has 1 unspecified atom stereocenters. The largest absolute Gasteiger partial charge is 0.507 e. The van der Waals surface area contributed by atoms with Crippen LogP contribution in [-0.2, 0) is 11.3 Å². The number of carbonyl (C=O) groups is 1. The summed E-state index contributed by atoms with van der Waals surface area (Å²) in [7, 11) is 0. The van der Waals surface area contributed by atoms with Crippen molar-refractivity contribution in [3.05, 3.63) is 63.5 Å². The molecule has 2 heterocycles. The van der Waals surface area contributed by atoms with E-state index >= 15 is 0 Å². The minimum atomic E-state index is -0.414. The molecule has 4 rings (SSSR count).